The molecule has 0 spiro atoms. The number of para-hydroxylation sites is 2. The van der Waals surface area contributed by atoms with E-state index in [1.807, 2.05) is 23.1 Å². The van der Waals surface area contributed by atoms with Gasteiger partial charge in [0.2, 0.25) is 5.91 Å². The van der Waals surface area contributed by atoms with E-state index >= 15 is 0 Å². The molecule has 1 aliphatic rings. The second kappa shape index (κ2) is 7.90. The molecular formula is C21H19N3O3S. The fourth-order valence-electron chi connectivity index (χ4n) is 3.50. The van der Waals surface area contributed by atoms with Crippen LogP contribution in [0.15, 0.2) is 54.6 Å². The Kier molecular flexibility index (Phi) is 5.16. The van der Waals surface area contributed by atoms with Crippen molar-refractivity contribution in [1.82, 2.24) is 9.88 Å². The smallest absolute Gasteiger partial charge is 0.276 e. The number of nitro groups is 1. The molecule has 2 heterocycles. The summed E-state index contributed by atoms with van der Waals surface area (Å²) in [4.78, 5) is 29.9. The van der Waals surface area contributed by atoms with Gasteiger partial charge >= 0.3 is 0 Å². The number of nitro benzene ring substituents is 1. The molecule has 142 valence electrons. The lowest BCUT2D eigenvalue weighted by Gasteiger charge is -2.31. The molecule has 28 heavy (non-hydrogen) atoms. The molecule has 1 aliphatic heterocycles. The Morgan fingerprint density at radius 3 is 2.82 bits per heavy atom. The Balaban J connectivity index is 1.48. The number of thiazole rings is 1. The number of carbonyl (C=O) groups excluding carboxylic acids is 1. The monoisotopic (exact) mass is 393 g/mol. The van der Waals surface area contributed by atoms with Gasteiger partial charge in [0.25, 0.3) is 5.69 Å². The van der Waals surface area contributed by atoms with Crippen molar-refractivity contribution in [2.45, 2.75) is 18.8 Å². The molecule has 2 aromatic carbocycles. The molecule has 0 N–H and O–H groups in total. The van der Waals surface area contributed by atoms with E-state index in [2.05, 4.69) is 6.07 Å². The van der Waals surface area contributed by atoms with E-state index in [1.54, 1.807) is 29.5 Å². The first-order valence-electron chi connectivity index (χ1n) is 9.17. The molecular weight excluding hydrogens is 374 g/mol. The maximum atomic E-state index is 12.7. The summed E-state index contributed by atoms with van der Waals surface area (Å²) in [5, 5.41) is 12.2. The third-order valence-electron chi connectivity index (χ3n) is 4.93. The third-order valence-corrected chi connectivity index (χ3v) is 6.13. The maximum absolute atomic E-state index is 12.7. The summed E-state index contributed by atoms with van der Waals surface area (Å²) in [7, 11) is 0. The SMILES string of the molecule is O=C(/C=C/c1ccccc1[N+](=O)[O-])N1CCC[C@@H](c2nc3ccccc3s2)C1. The van der Waals surface area contributed by atoms with Gasteiger partial charge in [0.05, 0.1) is 25.7 Å². The molecule has 0 radical (unpaired) electrons. The Morgan fingerprint density at radius 1 is 1.21 bits per heavy atom. The van der Waals surface area contributed by atoms with Crippen molar-refractivity contribution in [3.05, 3.63) is 75.3 Å². The van der Waals surface area contributed by atoms with E-state index in [-0.39, 0.29) is 17.5 Å². The van der Waals surface area contributed by atoms with Crippen molar-refractivity contribution in [3.8, 4) is 0 Å². The highest BCUT2D eigenvalue weighted by Gasteiger charge is 2.26. The molecule has 1 saturated heterocycles. The van der Waals surface area contributed by atoms with E-state index in [9.17, 15) is 14.9 Å². The summed E-state index contributed by atoms with van der Waals surface area (Å²) in [6.07, 6.45) is 4.90. The van der Waals surface area contributed by atoms with Crippen LogP contribution in [0.1, 0.15) is 29.3 Å². The molecule has 0 bridgehead atoms. The van der Waals surface area contributed by atoms with Crippen LogP contribution < -0.4 is 0 Å². The summed E-state index contributed by atoms with van der Waals surface area (Å²) < 4.78 is 1.16. The van der Waals surface area contributed by atoms with Crippen LogP contribution in [0.5, 0.6) is 0 Å². The Bertz CT molecular complexity index is 1030. The van der Waals surface area contributed by atoms with Gasteiger partial charge in [0.15, 0.2) is 0 Å². The third kappa shape index (κ3) is 3.80. The predicted molar refractivity (Wildman–Crippen MR) is 110 cm³/mol. The summed E-state index contributed by atoms with van der Waals surface area (Å²) in [6.45, 7) is 1.32. The van der Waals surface area contributed by atoms with Crippen molar-refractivity contribution in [1.29, 1.82) is 0 Å². The molecule has 3 aromatic rings. The molecule has 0 aliphatic carbocycles. The average molecular weight is 393 g/mol. The Morgan fingerprint density at radius 2 is 2.00 bits per heavy atom. The number of benzene rings is 2. The zero-order chi connectivity index (χ0) is 19.5. The van der Waals surface area contributed by atoms with Gasteiger partial charge in [-0.15, -0.1) is 11.3 Å². The van der Waals surface area contributed by atoms with Crippen molar-refractivity contribution in [2.24, 2.45) is 0 Å². The first-order valence-corrected chi connectivity index (χ1v) is 9.99. The number of piperidine rings is 1. The fraction of sp³-hybridized carbons (Fsp3) is 0.238. The van der Waals surface area contributed by atoms with Crippen LogP contribution in [-0.2, 0) is 4.79 Å². The minimum atomic E-state index is -0.436. The lowest BCUT2D eigenvalue weighted by atomic mass is 9.98. The van der Waals surface area contributed by atoms with Gasteiger partial charge in [-0.1, -0.05) is 24.3 Å². The number of rotatable bonds is 4. The summed E-state index contributed by atoms with van der Waals surface area (Å²) in [5.74, 6) is 0.110. The molecule has 1 amide bonds. The minimum Gasteiger partial charge on any atom is -0.338 e. The second-order valence-electron chi connectivity index (χ2n) is 6.79. The van der Waals surface area contributed by atoms with E-state index in [0.29, 0.717) is 18.7 Å². The number of fused-ring (bicyclic) bond motifs is 1. The topological polar surface area (TPSA) is 76.3 Å². The molecule has 4 rings (SSSR count). The highest BCUT2D eigenvalue weighted by atomic mass is 32.1. The van der Waals surface area contributed by atoms with Gasteiger partial charge in [-0.05, 0) is 37.1 Å². The molecule has 1 atom stereocenters. The zero-order valence-corrected chi connectivity index (χ0v) is 16.0. The van der Waals surface area contributed by atoms with E-state index in [1.165, 1.54) is 18.2 Å². The van der Waals surface area contributed by atoms with Crippen LogP contribution in [0.3, 0.4) is 0 Å². The van der Waals surface area contributed by atoms with Crippen LogP contribution >= 0.6 is 11.3 Å². The highest BCUT2D eigenvalue weighted by molar-refractivity contribution is 7.18. The van der Waals surface area contributed by atoms with Gasteiger partial charge in [0, 0.05) is 31.1 Å². The lowest BCUT2D eigenvalue weighted by Crippen LogP contribution is -2.38. The van der Waals surface area contributed by atoms with Gasteiger partial charge in [-0.2, -0.15) is 0 Å². The summed E-state index contributed by atoms with van der Waals surface area (Å²) in [5.41, 5.74) is 1.43. The van der Waals surface area contributed by atoms with Crippen LogP contribution in [-0.4, -0.2) is 33.8 Å². The largest absolute Gasteiger partial charge is 0.338 e. The minimum absolute atomic E-state index is 0.00227. The van der Waals surface area contributed by atoms with E-state index in [4.69, 9.17) is 4.98 Å². The van der Waals surface area contributed by atoms with Crippen molar-refractivity contribution < 1.29 is 9.72 Å². The fourth-order valence-corrected chi connectivity index (χ4v) is 4.60. The zero-order valence-electron chi connectivity index (χ0n) is 15.2. The molecule has 0 unspecified atom stereocenters. The first kappa shape index (κ1) is 18.3. The number of carbonyl (C=O) groups is 1. The van der Waals surface area contributed by atoms with Gasteiger partial charge in [-0.25, -0.2) is 4.98 Å². The predicted octanol–water partition coefficient (Wildman–Crippen LogP) is 4.62. The molecule has 7 heteroatoms. The van der Waals surface area contributed by atoms with Crippen LogP contribution in [0, 0.1) is 10.1 Å². The quantitative estimate of drug-likeness (QED) is 0.368. The summed E-state index contributed by atoms with van der Waals surface area (Å²) >= 11 is 1.69. The van der Waals surface area contributed by atoms with Crippen LogP contribution in [0.2, 0.25) is 0 Å². The number of hydrogen-bond donors (Lipinski definition) is 0. The number of likely N-dealkylation sites (tertiary alicyclic amines) is 1. The first-order chi connectivity index (χ1) is 13.6. The number of nitrogens with zero attached hydrogens (tertiary/aromatic N) is 3. The Labute approximate surface area is 166 Å². The van der Waals surface area contributed by atoms with E-state index < -0.39 is 4.92 Å². The van der Waals surface area contributed by atoms with E-state index in [0.717, 1.165) is 28.1 Å². The second-order valence-corrected chi connectivity index (χ2v) is 7.85. The molecule has 0 saturated carbocycles. The Hall–Kier alpha value is -3.06. The van der Waals surface area contributed by atoms with Crippen molar-refractivity contribution >= 4 is 39.2 Å². The van der Waals surface area contributed by atoms with Crippen molar-refractivity contribution in [3.63, 3.8) is 0 Å². The highest BCUT2D eigenvalue weighted by Crippen LogP contribution is 2.33. The summed E-state index contributed by atoms with van der Waals surface area (Å²) in [6, 6.07) is 14.5. The molecule has 1 aromatic heterocycles. The standard InChI is InChI=1S/C21H19N3O3S/c25-20(12-11-15-6-1-3-9-18(15)24(26)27)23-13-5-7-16(14-23)21-22-17-8-2-4-10-19(17)28-21/h1-4,6,8-12,16H,5,7,13-14H2/b12-11+/t16-/m1/s1. The number of amides is 1. The number of hydrogen-bond acceptors (Lipinski definition) is 5. The normalized spacial score (nSPS) is 17.3. The van der Waals surface area contributed by atoms with Crippen molar-refractivity contribution in [2.75, 3.05) is 13.1 Å². The molecule has 1 fully saturated rings. The van der Waals surface area contributed by atoms with Crippen LogP contribution in [0.4, 0.5) is 5.69 Å². The van der Waals surface area contributed by atoms with Gasteiger partial charge < -0.3 is 4.90 Å². The maximum Gasteiger partial charge on any atom is 0.276 e. The average Bonchev–Trinajstić information content (AvgIpc) is 3.16. The van der Waals surface area contributed by atoms with Gasteiger partial charge in [0.1, 0.15) is 0 Å². The number of aromatic nitrogens is 1. The molecule has 6 nitrogen and oxygen atoms in total. The van der Waals surface area contributed by atoms with Gasteiger partial charge in [-0.3, -0.25) is 14.9 Å². The van der Waals surface area contributed by atoms with Crippen LogP contribution in [0.25, 0.3) is 16.3 Å². The lowest BCUT2D eigenvalue weighted by molar-refractivity contribution is -0.385.